The summed E-state index contributed by atoms with van der Waals surface area (Å²) >= 11 is 0. The van der Waals surface area contributed by atoms with Gasteiger partial charge < -0.3 is 11.1 Å². The molecular weight excluding hydrogens is 259 g/mol. The molecule has 1 saturated heterocycles. The van der Waals surface area contributed by atoms with E-state index >= 15 is 0 Å². The number of nitrogens with one attached hydrogen (secondary N) is 1. The lowest BCUT2D eigenvalue weighted by Gasteiger charge is -2.10. The minimum Gasteiger partial charge on any atom is -0.396 e. The Balaban J connectivity index is 2.06. The van der Waals surface area contributed by atoms with Gasteiger partial charge in [-0.1, -0.05) is 0 Å². The highest BCUT2D eigenvalue weighted by atomic mass is 32.2. The molecule has 1 amide bonds. The number of anilines is 2. The third-order valence-electron chi connectivity index (χ3n) is 2.87. The molecule has 3 N–H and O–H groups in total. The molecule has 1 aromatic rings. The van der Waals surface area contributed by atoms with E-state index in [1.54, 1.807) is 0 Å². The minimum absolute atomic E-state index is 0.0383. The summed E-state index contributed by atoms with van der Waals surface area (Å²) in [5.41, 5.74) is 5.67. The van der Waals surface area contributed by atoms with Gasteiger partial charge in [0, 0.05) is 5.69 Å². The van der Waals surface area contributed by atoms with Crippen molar-refractivity contribution >= 4 is 27.1 Å². The molecule has 1 unspecified atom stereocenters. The van der Waals surface area contributed by atoms with Crippen molar-refractivity contribution in [2.45, 2.75) is 6.42 Å². The molecule has 0 radical (unpaired) electrons. The van der Waals surface area contributed by atoms with Crippen LogP contribution in [0.15, 0.2) is 18.2 Å². The third-order valence-corrected chi connectivity index (χ3v) is 4.63. The van der Waals surface area contributed by atoms with Crippen molar-refractivity contribution in [3.63, 3.8) is 0 Å². The Morgan fingerprint density at radius 2 is 2.17 bits per heavy atom. The van der Waals surface area contributed by atoms with Gasteiger partial charge in [-0.05, 0) is 24.6 Å². The summed E-state index contributed by atoms with van der Waals surface area (Å²) in [5.74, 6) is -1.56. The number of carbonyl (C=O) groups is 1. The van der Waals surface area contributed by atoms with Crippen LogP contribution in [0.2, 0.25) is 0 Å². The normalized spacial score (nSPS) is 21.7. The first-order valence-electron chi connectivity index (χ1n) is 5.44. The van der Waals surface area contributed by atoms with E-state index in [1.165, 1.54) is 12.1 Å². The fourth-order valence-electron chi connectivity index (χ4n) is 1.87. The van der Waals surface area contributed by atoms with Crippen LogP contribution in [0.1, 0.15) is 6.42 Å². The molecule has 0 aromatic heterocycles. The molecule has 0 aliphatic carbocycles. The molecule has 18 heavy (non-hydrogen) atoms. The SMILES string of the molecule is Nc1cc(NC(=O)C2CCS(=O)(=O)C2)ccc1F. The Labute approximate surface area is 104 Å². The van der Waals surface area contributed by atoms with Crippen molar-refractivity contribution in [2.24, 2.45) is 5.92 Å². The number of benzene rings is 1. The van der Waals surface area contributed by atoms with Crippen LogP contribution in [0.3, 0.4) is 0 Å². The number of halogens is 1. The number of carbonyl (C=O) groups excluding carboxylic acids is 1. The van der Waals surface area contributed by atoms with E-state index in [1.807, 2.05) is 0 Å². The summed E-state index contributed by atoms with van der Waals surface area (Å²) < 4.78 is 35.4. The Hall–Kier alpha value is -1.63. The summed E-state index contributed by atoms with van der Waals surface area (Å²) in [4.78, 5) is 11.8. The van der Waals surface area contributed by atoms with E-state index in [9.17, 15) is 17.6 Å². The summed E-state index contributed by atoms with van der Waals surface area (Å²) in [7, 11) is -3.09. The van der Waals surface area contributed by atoms with Gasteiger partial charge in [0.15, 0.2) is 9.84 Å². The Bertz CT molecular complexity index is 586. The maximum Gasteiger partial charge on any atom is 0.228 e. The van der Waals surface area contributed by atoms with Crippen LogP contribution in [-0.4, -0.2) is 25.8 Å². The van der Waals surface area contributed by atoms with Gasteiger partial charge in [0.1, 0.15) is 5.82 Å². The molecule has 1 fully saturated rings. The molecular formula is C11H13FN2O3S. The van der Waals surface area contributed by atoms with Gasteiger partial charge in [0.25, 0.3) is 0 Å². The lowest BCUT2D eigenvalue weighted by Crippen LogP contribution is -2.23. The smallest absolute Gasteiger partial charge is 0.228 e. The zero-order valence-corrected chi connectivity index (χ0v) is 10.3. The van der Waals surface area contributed by atoms with Crippen molar-refractivity contribution in [1.82, 2.24) is 0 Å². The van der Waals surface area contributed by atoms with E-state index in [-0.39, 0.29) is 23.1 Å². The van der Waals surface area contributed by atoms with Crippen LogP contribution in [0.5, 0.6) is 0 Å². The van der Waals surface area contributed by atoms with Gasteiger partial charge >= 0.3 is 0 Å². The maximum absolute atomic E-state index is 12.9. The van der Waals surface area contributed by atoms with Gasteiger partial charge in [-0.2, -0.15) is 0 Å². The van der Waals surface area contributed by atoms with Gasteiger partial charge in [-0.15, -0.1) is 0 Å². The van der Waals surface area contributed by atoms with Gasteiger partial charge in [0.2, 0.25) is 5.91 Å². The number of hydrogen-bond acceptors (Lipinski definition) is 4. The van der Waals surface area contributed by atoms with Crippen LogP contribution in [0.25, 0.3) is 0 Å². The maximum atomic E-state index is 12.9. The average molecular weight is 272 g/mol. The number of nitrogen functional groups attached to an aromatic ring is 1. The molecule has 98 valence electrons. The molecule has 0 bridgehead atoms. The van der Waals surface area contributed by atoms with Crippen molar-refractivity contribution < 1.29 is 17.6 Å². The van der Waals surface area contributed by atoms with Gasteiger partial charge in [-0.3, -0.25) is 4.79 Å². The standard InChI is InChI=1S/C11H13FN2O3S/c12-9-2-1-8(5-10(9)13)14-11(15)7-3-4-18(16,17)6-7/h1-2,5,7H,3-4,6,13H2,(H,14,15). The van der Waals surface area contributed by atoms with Crippen LogP contribution >= 0.6 is 0 Å². The van der Waals surface area contributed by atoms with E-state index in [2.05, 4.69) is 5.32 Å². The predicted octanol–water partition coefficient (Wildman–Crippen LogP) is 0.781. The molecule has 1 atom stereocenters. The summed E-state index contributed by atoms with van der Waals surface area (Å²) in [5, 5.41) is 2.54. The van der Waals surface area contributed by atoms with Crippen molar-refractivity contribution in [3.8, 4) is 0 Å². The fourth-order valence-corrected chi connectivity index (χ4v) is 3.61. The second kappa shape index (κ2) is 4.56. The van der Waals surface area contributed by atoms with E-state index in [4.69, 9.17) is 5.73 Å². The molecule has 0 spiro atoms. The summed E-state index contributed by atoms with van der Waals surface area (Å²) in [6.45, 7) is 0. The number of hydrogen-bond donors (Lipinski definition) is 2. The average Bonchev–Trinajstić information content (AvgIpc) is 2.64. The van der Waals surface area contributed by atoms with Crippen molar-refractivity contribution in [2.75, 3.05) is 22.6 Å². The van der Waals surface area contributed by atoms with Crippen LogP contribution in [0, 0.1) is 11.7 Å². The Morgan fingerprint density at radius 3 is 2.72 bits per heavy atom. The number of amides is 1. The lowest BCUT2D eigenvalue weighted by atomic mass is 10.1. The minimum atomic E-state index is -3.09. The molecule has 7 heteroatoms. The van der Waals surface area contributed by atoms with Crippen LogP contribution < -0.4 is 11.1 Å². The molecule has 5 nitrogen and oxygen atoms in total. The first-order valence-corrected chi connectivity index (χ1v) is 7.26. The van der Waals surface area contributed by atoms with Gasteiger partial charge in [-0.25, -0.2) is 12.8 Å². The van der Waals surface area contributed by atoms with Crippen LogP contribution in [-0.2, 0) is 14.6 Å². The highest BCUT2D eigenvalue weighted by molar-refractivity contribution is 7.91. The molecule has 1 aliphatic rings. The lowest BCUT2D eigenvalue weighted by molar-refractivity contribution is -0.119. The first kappa shape index (κ1) is 12.8. The second-order valence-electron chi connectivity index (χ2n) is 4.33. The van der Waals surface area contributed by atoms with E-state index in [0.29, 0.717) is 12.1 Å². The molecule has 2 rings (SSSR count). The quantitative estimate of drug-likeness (QED) is 0.779. The monoisotopic (exact) mass is 272 g/mol. The predicted molar refractivity (Wildman–Crippen MR) is 66.2 cm³/mol. The van der Waals surface area contributed by atoms with Crippen molar-refractivity contribution in [3.05, 3.63) is 24.0 Å². The molecule has 1 aliphatic heterocycles. The zero-order chi connectivity index (χ0) is 13.3. The van der Waals surface area contributed by atoms with Gasteiger partial charge in [0.05, 0.1) is 23.1 Å². The van der Waals surface area contributed by atoms with E-state index < -0.39 is 21.6 Å². The Kier molecular flexibility index (Phi) is 3.25. The van der Waals surface area contributed by atoms with E-state index in [0.717, 1.165) is 6.07 Å². The topological polar surface area (TPSA) is 89.3 Å². The molecule has 1 heterocycles. The van der Waals surface area contributed by atoms with Crippen LogP contribution in [0.4, 0.5) is 15.8 Å². The highest BCUT2D eigenvalue weighted by Crippen LogP contribution is 2.22. The largest absolute Gasteiger partial charge is 0.396 e. The summed E-state index contributed by atoms with van der Waals surface area (Å²) in [6.07, 6.45) is 0.324. The third kappa shape index (κ3) is 2.79. The highest BCUT2D eigenvalue weighted by Gasteiger charge is 2.32. The van der Waals surface area contributed by atoms with Crippen molar-refractivity contribution in [1.29, 1.82) is 0 Å². The number of sulfone groups is 1. The first-order chi connectivity index (χ1) is 8.37. The molecule has 0 saturated carbocycles. The second-order valence-corrected chi connectivity index (χ2v) is 6.55. The Morgan fingerprint density at radius 1 is 1.44 bits per heavy atom. The number of nitrogens with two attached hydrogens (primary N) is 1. The zero-order valence-electron chi connectivity index (χ0n) is 9.52. The molecule has 1 aromatic carbocycles. The fraction of sp³-hybridized carbons (Fsp3) is 0.364. The number of rotatable bonds is 2. The summed E-state index contributed by atoms with van der Waals surface area (Å²) in [6, 6.07) is 3.83.